The number of aromatic nitrogens is 5. The fourth-order valence-corrected chi connectivity index (χ4v) is 3.31. The molecule has 1 N–H and O–H groups in total. The first-order valence-electron chi connectivity index (χ1n) is 8.07. The van der Waals surface area contributed by atoms with Gasteiger partial charge >= 0.3 is 0 Å². The molecule has 0 atom stereocenters. The maximum atomic E-state index is 12.2. The van der Waals surface area contributed by atoms with Crippen LogP contribution in [0.3, 0.4) is 0 Å². The first kappa shape index (κ1) is 15.0. The van der Waals surface area contributed by atoms with Crippen LogP contribution >= 0.6 is 11.6 Å². The summed E-state index contributed by atoms with van der Waals surface area (Å²) < 4.78 is 1.52. The fraction of sp³-hybridized carbons (Fsp3) is 0.0526. The molecule has 126 valence electrons. The Hall–Kier alpha value is -3.25. The molecule has 0 unspecified atom stereocenters. The standard InChI is InChI=1S/C19H12ClN5O/c20-11-4-5-14-13(7-11)19-15(10-21-14)23-16(24-19)8-12-9-18(26)25-6-2-1-3-17(25)22-12/h1-7,9-10H,8H2,(H,23,24). The van der Waals surface area contributed by atoms with Gasteiger partial charge in [-0.3, -0.25) is 14.2 Å². The van der Waals surface area contributed by atoms with Crippen molar-refractivity contribution in [3.63, 3.8) is 0 Å². The minimum atomic E-state index is -0.111. The number of nitrogens with one attached hydrogen (secondary N) is 1. The van der Waals surface area contributed by atoms with Gasteiger partial charge < -0.3 is 4.98 Å². The Morgan fingerprint density at radius 1 is 1.08 bits per heavy atom. The summed E-state index contributed by atoms with van der Waals surface area (Å²) in [5.74, 6) is 0.724. The summed E-state index contributed by atoms with van der Waals surface area (Å²) in [6.07, 6.45) is 3.86. The molecule has 26 heavy (non-hydrogen) atoms. The van der Waals surface area contributed by atoms with Crippen LogP contribution in [-0.2, 0) is 6.42 Å². The summed E-state index contributed by atoms with van der Waals surface area (Å²) in [4.78, 5) is 29.1. The topological polar surface area (TPSA) is 75.9 Å². The Bertz CT molecular complexity index is 1350. The van der Waals surface area contributed by atoms with E-state index in [1.165, 1.54) is 10.5 Å². The molecule has 0 amide bonds. The monoisotopic (exact) mass is 361 g/mol. The lowest BCUT2D eigenvalue weighted by atomic mass is 10.2. The van der Waals surface area contributed by atoms with Crippen molar-refractivity contribution in [2.24, 2.45) is 0 Å². The summed E-state index contributed by atoms with van der Waals surface area (Å²) in [5.41, 5.74) is 3.65. The lowest BCUT2D eigenvalue weighted by molar-refractivity contribution is 0.946. The predicted octanol–water partition coefficient (Wildman–Crippen LogP) is 3.36. The highest BCUT2D eigenvalue weighted by atomic mass is 35.5. The number of rotatable bonds is 2. The normalized spacial score (nSPS) is 11.6. The summed E-state index contributed by atoms with van der Waals surface area (Å²) >= 11 is 6.12. The molecule has 0 fully saturated rings. The Balaban J connectivity index is 1.63. The van der Waals surface area contributed by atoms with Crippen molar-refractivity contribution in [1.29, 1.82) is 0 Å². The molecule has 0 aliphatic heterocycles. The zero-order valence-electron chi connectivity index (χ0n) is 13.5. The van der Waals surface area contributed by atoms with Crippen LogP contribution in [0.1, 0.15) is 11.5 Å². The third-order valence-corrected chi connectivity index (χ3v) is 4.54. The number of hydrogen-bond donors (Lipinski definition) is 1. The van der Waals surface area contributed by atoms with E-state index in [1.807, 2.05) is 30.3 Å². The van der Waals surface area contributed by atoms with Crippen molar-refractivity contribution >= 4 is 39.2 Å². The second-order valence-corrected chi connectivity index (χ2v) is 6.49. The SMILES string of the molecule is O=c1cc(Cc2nc3cnc4ccc(Cl)cc4c3[nH]2)nc2ccccn12. The maximum absolute atomic E-state index is 12.2. The first-order valence-corrected chi connectivity index (χ1v) is 8.45. The molecule has 4 aromatic heterocycles. The van der Waals surface area contributed by atoms with Crippen molar-refractivity contribution < 1.29 is 0 Å². The maximum Gasteiger partial charge on any atom is 0.258 e. The Labute approximate surface area is 152 Å². The molecule has 0 aliphatic carbocycles. The molecule has 6 nitrogen and oxygen atoms in total. The third kappa shape index (κ3) is 2.43. The van der Waals surface area contributed by atoms with Crippen molar-refractivity contribution in [3.8, 4) is 0 Å². The van der Waals surface area contributed by atoms with Crippen LogP contribution in [0.4, 0.5) is 0 Å². The summed E-state index contributed by atoms with van der Waals surface area (Å²) in [6.45, 7) is 0. The van der Waals surface area contributed by atoms with Gasteiger partial charge in [0.2, 0.25) is 0 Å². The molecule has 0 radical (unpaired) electrons. The molecule has 5 rings (SSSR count). The van der Waals surface area contributed by atoms with E-state index < -0.39 is 0 Å². The second-order valence-electron chi connectivity index (χ2n) is 6.05. The summed E-state index contributed by atoms with van der Waals surface area (Å²) in [6, 6.07) is 12.6. The van der Waals surface area contributed by atoms with Gasteiger partial charge in [0.1, 0.15) is 17.0 Å². The minimum Gasteiger partial charge on any atom is -0.341 e. The molecule has 0 bridgehead atoms. The second kappa shape index (κ2) is 5.64. The van der Waals surface area contributed by atoms with E-state index in [0.717, 1.165) is 27.8 Å². The van der Waals surface area contributed by atoms with Gasteiger partial charge in [0, 0.05) is 29.1 Å². The average molecular weight is 362 g/mol. The van der Waals surface area contributed by atoms with Gasteiger partial charge in [-0.1, -0.05) is 17.7 Å². The van der Waals surface area contributed by atoms with Crippen LogP contribution in [0.15, 0.2) is 59.7 Å². The largest absolute Gasteiger partial charge is 0.341 e. The number of nitrogens with zero attached hydrogens (tertiary/aromatic N) is 4. The van der Waals surface area contributed by atoms with Crippen LogP contribution in [0.5, 0.6) is 0 Å². The molecule has 0 saturated heterocycles. The molecular formula is C19H12ClN5O. The van der Waals surface area contributed by atoms with Crippen LogP contribution < -0.4 is 5.56 Å². The Morgan fingerprint density at radius 3 is 2.92 bits per heavy atom. The lowest BCUT2D eigenvalue weighted by Crippen LogP contribution is -2.15. The Kier molecular flexibility index (Phi) is 3.26. The number of fused-ring (bicyclic) bond motifs is 4. The number of hydrogen-bond acceptors (Lipinski definition) is 4. The highest BCUT2D eigenvalue weighted by Crippen LogP contribution is 2.25. The third-order valence-electron chi connectivity index (χ3n) is 4.31. The van der Waals surface area contributed by atoms with E-state index in [-0.39, 0.29) is 5.56 Å². The molecule has 0 aliphatic rings. The van der Waals surface area contributed by atoms with Crippen LogP contribution in [0, 0.1) is 0 Å². The van der Waals surface area contributed by atoms with E-state index in [2.05, 4.69) is 19.9 Å². The minimum absolute atomic E-state index is 0.111. The smallest absolute Gasteiger partial charge is 0.258 e. The zero-order valence-corrected chi connectivity index (χ0v) is 14.2. The van der Waals surface area contributed by atoms with Gasteiger partial charge in [0.15, 0.2) is 0 Å². The van der Waals surface area contributed by atoms with Crippen molar-refractivity contribution in [1.82, 2.24) is 24.3 Å². The van der Waals surface area contributed by atoms with Crippen LogP contribution in [0.2, 0.25) is 5.02 Å². The molecule has 4 heterocycles. The highest BCUT2D eigenvalue weighted by molar-refractivity contribution is 6.31. The molecular weight excluding hydrogens is 350 g/mol. The van der Waals surface area contributed by atoms with Gasteiger partial charge in [-0.25, -0.2) is 9.97 Å². The van der Waals surface area contributed by atoms with Crippen molar-refractivity contribution in [2.45, 2.75) is 6.42 Å². The molecule has 5 aromatic rings. The molecule has 7 heteroatoms. The predicted molar refractivity (Wildman–Crippen MR) is 101 cm³/mol. The lowest BCUT2D eigenvalue weighted by Gasteiger charge is -2.02. The van der Waals surface area contributed by atoms with E-state index in [9.17, 15) is 4.79 Å². The summed E-state index contributed by atoms with van der Waals surface area (Å²) in [5, 5.41) is 1.56. The van der Waals surface area contributed by atoms with Crippen LogP contribution in [-0.4, -0.2) is 24.3 Å². The number of H-pyrrole nitrogens is 1. The molecule has 0 saturated carbocycles. The van der Waals surface area contributed by atoms with Gasteiger partial charge in [0.05, 0.1) is 22.9 Å². The van der Waals surface area contributed by atoms with E-state index in [0.29, 0.717) is 22.8 Å². The van der Waals surface area contributed by atoms with Crippen LogP contribution in [0.25, 0.3) is 27.6 Å². The van der Waals surface area contributed by atoms with Crippen molar-refractivity contribution in [2.75, 3.05) is 0 Å². The van der Waals surface area contributed by atoms with E-state index >= 15 is 0 Å². The van der Waals surface area contributed by atoms with Crippen molar-refractivity contribution in [3.05, 3.63) is 81.8 Å². The van der Waals surface area contributed by atoms with Gasteiger partial charge in [-0.05, 0) is 30.3 Å². The first-order chi connectivity index (χ1) is 12.7. The van der Waals surface area contributed by atoms with E-state index in [4.69, 9.17) is 11.6 Å². The average Bonchev–Trinajstić information content (AvgIpc) is 3.05. The highest BCUT2D eigenvalue weighted by Gasteiger charge is 2.10. The fourth-order valence-electron chi connectivity index (χ4n) is 3.14. The van der Waals surface area contributed by atoms with Gasteiger partial charge in [0.25, 0.3) is 5.56 Å². The number of pyridine rings is 2. The number of benzene rings is 1. The molecule has 0 spiro atoms. The molecule has 1 aromatic carbocycles. The number of aromatic amines is 1. The number of halogens is 1. The quantitative estimate of drug-likeness (QED) is 0.523. The Morgan fingerprint density at radius 2 is 2.00 bits per heavy atom. The van der Waals surface area contributed by atoms with E-state index in [1.54, 1.807) is 18.5 Å². The zero-order chi connectivity index (χ0) is 17.7. The summed E-state index contributed by atoms with van der Waals surface area (Å²) in [7, 11) is 0. The van der Waals surface area contributed by atoms with Gasteiger partial charge in [-0.15, -0.1) is 0 Å². The van der Waals surface area contributed by atoms with Gasteiger partial charge in [-0.2, -0.15) is 0 Å². The number of imidazole rings is 1.